The van der Waals surface area contributed by atoms with Gasteiger partial charge in [-0.15, -0.1) is 0 Å². The lowest BCUT2D eigenvalue weighted by molar-refractivity contribution is 0.112. The van der Waals surface area contributed by atoms with Gasteiger partial charge in [-0.3, -0.25) is 0 Å². The Labute approximate surface area is 129 Å². The van der Waals surface area contributed by atoms with E-state index in [0.29, 0.717) is 6.54 Å². The first-order chi connectivity index (χ1) is 9.90. The third-order valence-corrected chi connectivity index (χ3v) is 5.63. The summed E-state index contributed by atoms with van der Waals surface area (Å²) >= 11 is 0. The highest BCUT2D eigenvalue weighted by molar-refractivity contribution is 5.73. The molecular weight excluding hydrogens is 264 g/mol. The number of carbonyl (C=O) groups excluding carboxylic acids is 1. The predicted molar refractivity (Wildman–Crippen MR) is 85.1 cm³/mol. The summed E-state index contributed by atoms with van der Waals surface area (Å²) in [7, 11) is 1.84. The molecule has 2 amide bonds. The van der Waals surface area contributed by atoms with Crippen molar-refractivity contribution < 1.29 is 9.90 Å². The van der Waals surface area contributed by atoms with Gasteiger partial charge in [0.05, 0.1) is 6.10 Å². The number of hydrogen-bond acceptors (Lipinski definition) is 2. The first kappa shape index (κ1) is 16.6. The van der Waals surface area contributed by atoms with E-state index in [4.69, 9.17) is 0 Å². The Morgan fingerprint density at radius 2 is 1.86 bits per heavy atom. The zero-order valence-corrected chi connectivity index (χ0v) is 13.9. The van der Waals surface area contributed by atoms with Crippen molar-refractivity contribution in [2.75, 3.05) is 20.1 Å². The van der Waals surface area contributed by atoms with Gasteiger partial charge in [-0.05, 0) is 37.0 Å². The van der Waals surface area contributed by atoms with Crippen LogP contribution >= 0.6 is 0 Å². The van der Waals surface area contributed by atoms with Crippen LogP contribution in [0.3, 0.4) is 0 Å². The van der Waals surface area contributed by atoms with Crippen LogP contribution in [-0.2, 0) is 0 Å². The van der Waals surface area contributed by atoms with Crippen LogP contribution in [0.1, 0.15) is 58.8 Å². The fourth-order valence-electron chi connectivity index (χ4n) is 3.95. The first-order valence-corrected chi connectivity index (χ1v) is 8.57. The second-order valence-electron chi connectivity index (χ2n) is 7.77. The van der Waals surface area contributed by atoms with Crippen LogP contribution in [0.4, 0.5) is 4.79 Å². The van der Waals surface area contributed by atoms with Gasteiger partial charge in [0.25, 0.3) is 0 Å². The normalized spacial score (nSPS) is 27.0. The molecule has 2 atom stereocenters. The molecule has 0 aromatic heterocycles. The van der Waals surface area contributed by atoms with E-state index in [1.807, 2.05) is 7.05 Å². The largest absolute Gasteiger partial charge is 0.393 e. The van der Waals surface area contributed by atoms with Crippen LogP contribution in [0.5, 0.6) is 0 Å². The molecule has 0 aliphatic heterocycles. The molecule has 2 aliphatic rings. The fourth-order valence-corrected chi connectivity index (χ4v) is 3.95. The second kappa shape index (κ2) is 6.99. The number of aliphatic hydroxyl groups is 1. The number of nitrogens with one attached hydrogen (secondary N) is 1. The minimum atomic E-state index is -0.227. The minimum absolute atomic E-state index is 0.000159. The summed E-state index contributed by atoms with van der Waals surface area (Å²) in [6.07, 6.45) is 8.04. The lowest BCUT2D eigenvalue weighted by Crippen LogP contribution is -2.45. The maximum absolute atomic E-state index is 12.2. The standard InChI is InChI=1S/C17H32N2O2/c1-17(2,14-8-4-5-9-14)12-18-16(21)19(3)11-13-7-6-10-15(13)20/h13-15,20H,4-12H2,1-3H3,(H,18,21). The van der Waals surface area contributed by atoms with Crippen molar-refractivity contribution in [3.8, 4) is 0 Å². The summed E-state index contributed by atoms with van der Waals surface area (Å²) < 4.78 is 0. The summed E-state index contributed by atoms with van der Waals surface area (Å²) in [4.78, 5) is 14.0. The van der Waals surface area contributed by atoms with Crippen molar-refractivity contribution in [1.29, 1.82) is 0 Å². The zero-order valence-electron chi connectivity index (χ0n) is 13.9. The smallest absolute Gasteiger partial charge is 0.317 e. The number of rotatable bonds is 5. The van der Waals surface area contributed by atoms with Gasteiger partial charge >= 0.3 is 6.03 Å². The van der Waals surface area contributed by atoms with Crippen molar-refractivity contribution >= 4 is 6.03 Å². The van der Waals surface area contributed by atoms with Gasteiger partial charge in [0.2, 0.25) is 0 Å². The highest BCUT2D eigenvalue weighted by atomic mass is 16.3. The van der Waals surface area contributed by atoms with Crippen molar-refractivity contribution in [3.05, 3.63) is 0 Å². The number of carbonyl (C=O) groups is 1. The molecule has 4 nitrogen and oxygen atoms in total. The van der Waals surface area contributed by atoms with E-state index in [-0.39, 0.29) is 23.5 Å². The molecule has 122 valence electrons. The Morgan fingerprint density at radius 1 is 1.19 bits per heavy atom. The van der Waals surface area contributed by atoms with Crippen molar-refractivity contribution in [3.63, 3.8) is 0 Å². The Hall–Kier alpha value is -0.770. The van der Waals surface area contributed by atoms with Crippen LogP contribution < -0.4 is 5.32 Å². The number of hydrogen-bond donors (Lipinski definition) is 2. The molecule has 4 heteroatoms. The van der Waals surface area contributed by atoms with E-state index in [1.54, 1.807) is 4.90 Å². The summed E-state index contributed by atoms with van der Waals surface area (Å²) in [5, 5.41) is 13.0. The van der Waals surface area contributed by atoms with Crippen molar-refractivity contribution in [2.24, 2.45) is 17.3 Å². The van der Waals surface area contributed by atoms with Gasteiger partial charge in [-0.25, -0.2) is 4.79 Å². The number of aliphatic hydroxyl groups excluding tert-OH is 1. The van der Waals surface area contributed by atoms with E-state index in [9.17, 15) is 9.90 Å². The lowest BCUT2D eigenvalue weighted by atomic mass is 9.78. The first-order valence-electron chi connectivity index (χ1n) is 8.57. The quantitative estimate of drug-likeness (QED) is 0.819. The van der Waals surface area contributed by atoms with Gasteiger partial charge in [0, 0.05) is 26.1 Å². The third kappa shape index (κ3) is 4.35. The molecule has 2 aliphatic carbocycles. The van der Waals surface area contributed by atoms with Gasteiger partial charge in [-0.1, -0.05) is 33.1 Å². The number of nitrogens with zero attached hydrogens (tertiary/aromatic N) is 1. The van der Waals surface area contributed by atoms with Crippen molar-refractivity contribution in [1.82, 2.24) is 10.2 Å². The highest BCUT2D eigenvalue weighted by Crippen LogP contribution is 2.39. The summed E-state index contributed by atoms with van der Waals surface area (Å²) in [6, 6.07) is 0.000159. The maximum atomic E-state index is 12.2. The zero-order chi connectivity index (χ0) is 15.5. The van der Waals surface area contributed by atoms with Crippen LogP contribution in [0.2, 0.25) is 0 Å². The average molecular weight is 296 g/mol. The predicted octanol–water partition coefficient (Wildman–Crippen LogP) is 3.01. The molecule has 0 saturated heterocycles. The minimum Gasteiger partial charge on any atom is -0.393 e. The van der Waals surface area contributed by atoms with E-state index in [0.717, 1.165) is 31.7 Å². The maximum Gasteiger partial charge on any atom is 0.317 e. The molecule has 2 rings (SSSR count). The van der Waals surface area contributed by atoms with Crippen molar-refractivity contribution in [2.45, 2.75) is 64.9 Å². The number of urea groups is 1. The summed E-state index contributed by atoms with van der Waals surface area (Å²) in [5.41, 5.74) is 0.180. The molecule has 0 bridgehead atoms. The van der Waals surface area contributed by atoms with Crippen LogP contribution in [0.25, 0.3) is 0 Å². The molecule has 0 aromatic carbocycles. The molecule has 0 spiro atoms. The Balaban J connectivity index is 1.75. The van der Waals surface area contributed by atoms with Gasteiger partial charge in [-0.2, -0.15) is 0 Å². The van der Waals surface area contributed by atoms with E-state index < -0.39 is 0 Å². The second-order valence-corrected chi connectivity index (χ2v) is 7.77. The molecule has 2 N–H and O–H groups in total. The van der Waals surface area contributed by atoms with E-state index in [1.165, 1.54) is 25.7 Å². The molecule has 2 unspecified atom stereocenters. The fraction of sp³-hybridized carbons (Fsp3) is 0.941. The molecule has 0 heterocycles. The molecule has 2 fully saturated rings. The van der Waals surface area contributed by atoms with Gasteiger partial charge < -0.3 is 15.3 Å². The summed E-state index contributed by atoms with van der Waals surface area (Å²) in [5.74, 6) is 0.989. The number of amides is 2. The third-order valence-electron chi connectivity index (χ3n) is 5.63. The molecule has 2 saturated carbocycles. The molecule has 0 aromatic rings. The Kier molecular flexibility index (Phi) is 5.53. The monoisotopic (exact) mass is 296 g/mol. The summed E-state index contributed by atoms with van der Waals surface area (Å²) in [6.45, 7) is 5.94. The van der Waals surface area contributed by atoms with Crippen LogP contribution in [-0.4, -0.2) is 42.3 Å². The van der Waals surface area contributed by atoms with E-state index >= 15 is 0 Å². The highest BCUT2D eigenvalue weighted by Gasteiger charge is 2.33. The van der Waals surface area contributed by atoms with Crippen LogP contribution in [0.15, 0.2) is 0 Å². The molecule has 21 heavy (non-hydrogen) atoms. The Bertz CT molecular complexity index is 351. The lowest BCUT2D eigenvalue weighted by Gasteiger charge is -2.33. The topological polar surface area (TPSA) is 52.6 Å². The van der Waals surface area contributed by atoms with Gasteiger partial charge in [0.15, 0.2) is 0 Å². The average Bonchev–Trinajstić information content (AvgIpc) is 3.09. The molecular formula is C17H32N2O2. The van der Waals surface area contributed by atoms with E-state index in [2.05, 4.69) is 19.2 Å². The van der Waals surface area contributed by atoms with Gasteiger partial charge in [0.1, 0.15) is 0 Å². The SMILES string of the molecule is CN(CC1CCCC1O)C(=O)NCC(C)(C)C1CCCC1. The Morgan fingerprint density at radius 3 is 2.43 bits per heavy atom. The van der Waals surface area contributed by atoms with Crippen LogP contribution in [0, 0.1) is 17.3 Å². The molecule has 0 radical (unpaired) electrons.